The number of hydrogen-bond acceptors (Lipinski definition) is 5. The smallest absolute Gasteiger partial charge is 0.224 e. The first-order chi connectivity index (χ1) is 13.8. The molecule has 29 heavy (non-hydrogen) atoms. The Morgan fingerprint density at radius 1 is 1.17 bits per heavy atom. The van der Waals surface area contributed by atoms with Gasteiger partial charge in [0.15, 0.2) is 0 Å². The lowest BCUT2D eigenvalue weighted by atomic mass is 9.92. The number of aliphatic hydroxyl groups is 1. The zero-order chi connectivity index (χ0) is 20.6. The van der Waals surface area contributed by atoms with E-state index in [1.54, 1.807) is 24.4 Å². The van der Waals surface area contributed by atoms with E-state index in [9.17, 15) is 9.90 Å². The summed E-state index contributed by atoms with van der Waals surface area (Å²) in [6.45, 7) is 1.36. The SMILES string of the molecule is O=C1CCc2c(OCC3(O)CCN(c4ncc(Cl)cc4Cl)CC3)ccc(Cl)c2N1. The molecule has 6 nitrogen and oxygen atoms in total. The fourth-order valence-corrected chi connectivity index (χ4v) is 4.41. The molecule has 0 aliphatic carbocycles. The van der Waals surface area contributed by atoms with Crippen molar-refractivity contribution < 1.29 is 14.6 Å². The average Bonchev–Trinajstić information content (AvgIpc) is 2.69. The van der Waals surface area contributed by atoms with Crippen LogP contribution in [0.2, 0.25) is 15.1 Å². The van der Waals surface area contributed by atoms with Gasteiger partial charge in [-0.1, -0.05) is 34.8 Å². The van der Waals surface area contributed by atoms with Crippen LogP contribution < -0.4 is 15.0 Å². The predicted molar refractivity (Wildman–Crippen MR) is 115 cm³/mol. The summed E-state index contributed by atoms with van der Waals surface area (Å²) in [5.74, 6) is 1.25. The summed E-state index contributed by atoms with van der Waals surface area (Å²) in [4.78, 5) is 18.0. The standard InChI is InChI=1S/C20H20Cl3N3O3/c21-12-9-15(23)19(24-10-12)26-7-5-20(28,6-8-26)11-29-16-3-2-14(22)18-13(16)1-4-17(27)25-18/h2-3,9-10,28H,1,4-8,11H2,(H,25,27). The molecule has 0 atom stereocenters. The number of rotatable bonds is 4. The second kappa shape index (κ2) is 8.19. The predicted octanol–water partition coefficient (Wildman–Crippen LogP) is 4.34. The summed E-state index contributed by atoms with van der Waals surface area (Å²) >= 11 is 18.4. The van der Waals surface area contributed by atoms with Gasteiger partial charge < -0.3 is 20.1 Å². The van der Waals surface area contributed by atoms with Gasteiger partial charge in [-0.25, -0.2) is 4.98 Å². The molecule has 2 N–H and O–H groups in total. The van der Waals surface area contributed by atoms with E-state index in [0.717, 1.165) is 5.56 Å². The Kier molecular flexibility index (Phi) is 5.80. The molecular weight excluding hydrogens is 437 g/mol. The molecule has 0 saturated carbocycles. The minimum absolute atomic E-state index is 0.0583. The highest BCUT2D eigenvalue weighted by molar-refractivity contribution is 6.36. The number of halogens is 3. The summed E-state index contributed by atoms with van der Waals surface area (Å²) in [6, 6.07) is 5.15. The van der Waals surface area contributed by atoms with Gasteiger partial charge >= 0.3 is 0 Å². The van der Waals surface area contributed by atoms with Crippen molar-refractivity contribution in [3.63, 3.8) is 0 Å². The molecule has 0 bridgehead atoms. The lowest BCUT2D eigenvalue weighted by molar-refractivity contribution is -0.116. The van der Waals surface area contributed by atoms with Gasteiger partial charge in [0.2, 0.25) is 5.91 Å². The van der Waals surface area contributed by atoms with Crippen molar-refractivity contribution in [1.82, 2.24) is 4.98 Å². The Balaban J connectivity index is 1.41. The van der Waals surface area contributed by atoms with Crippen LogP contribution in [-0.4, -0.2) is 41.3 Å². The maximum atomic E-state index is 11.7. The van der Waals surface area contributed by atoms with Crippen molar-refractivity contribution in [2.45, 2.75) is 31.3 Å². The Labute approximate surface area is 183 Å². The number of benzene rings is 1. The maximum absolute atomic E-state index is 11.7. The van der Waals surface area contributed by atoms with Crippen molar-refractivity contribution in [2.75, 3.05) is 29.9 Å². The van der Waals surface area contributed by atoms with Crippen LogP contribution in [0.4, 0.5) is 11.5 Å². The Bertz CT molecular complexity index is 946. The van der Waals surface area contributed by atoms with Crippen molar-refractivity contribution in [3.05, 3.63) is 45.0 Å². The highest BCUT2D eigenvalue weighted by atomic mass is 35.5. The quantitative estimate of drug-likeness (QED) is 0.716. The number of anilines is 2. The number of aromatic nitrogens is 1. The molecule has 0 radical (unpaired) electrons. The van der Waals surface area contributed by atoms with E-state index >= 15 is 0 Å². The van der Waals surface area contributed by atoms with Crippen molar-refractivity contribution >= 4 is 52.2 Å². The number of fused-ring (bicyclic) bond motifs is 1. The first kappa shape index (κ1) is 20.5. The molecule has 1 amide bonds. The zero-order valence-corrected chi connectivity index (χ0v) is 17.8. The number of amides is 1. The van der Waals surface area contributed by atoms with Gasteiger partial charge in [-0.2, -0.15) is 0 Å². The lowest BCUT2D eigenvalue weighted by Crippen LogP contribution is -2.48. The number of carbonyl (C=O) groups is 1. The van der Waals surface area contributed by atoms with Crippen LogP contribution in [0.1, 0.15) is 24.8 Å². The molecular formula is C20H20Cl3N3O3. The van der Waals surface area contributed by atoms with Crippen molar-refractivity contribution in [2.24, 2.45) is 0 Å². The first-order valence-electron chi connectivity index (χ1n) is 9.37. The minimum Gasteiger partial charge on any atom is -0.490 e. The summed E-state index contributed by atoms with van der Waals surface area (Å²) < 4.78 is 5.98. The zero-order valence-electron chi connectivity index (χ0n) is 15.6. The molecule has 2 aromatic rings. The third-order valence-corrected chi connectivity index (χ3v) is 6.16. The number of ether oxygens (including phenoxy) is 1. The van der Waals surface area contributed by atoms with E-state index in [4.69, 9.17) is 39.5 Å². The molecule has 4 rings (SSSR count). The van der Waals surface area contributed by atoms with Gasteiger partial charge in [0, 0.05) is 31.3 Å². The second-order valence-electron chi connectivity index (χ2n) is 7.41. The van der Waals surface area contributed by atoms with Crippen LogP contribution >= 0.6 is 34.8 Å². The van der Waals surface area contributed by atoms with Crippen LogP contribution in [-0.2, 0) is 11.2 Å². The molecule has 1 fully saturated rings. The van der Waals surface area contributed by atoms with Gasteiger partial charge in [-0.05, 0) is 37.5 Å². The van der Waals surface area contributed by atoms with Gasteiger partial charge in [-0.3, -0.25) is 4.79 Å². The third-order valence-electron chi connectivity index (χ3n) is 5.36. The topological polar surface area (TPSA) is 74.7 Å². The van der Waals surface area contributed by atoms with Gasteiger partial charge in [0.05, 0.1) is 20.8 Å². The number of carbonyl (C=O) groups excluding carboxylic acids is 1. The molecule has 3 heterocycles. The number of nitrogens with zero attached hydrogens (tertiary/aromatic N) is 2. The maximum Gasteiger partial charge on any atom is 0.224 e. The molecule has 1 aromatic carbocycles. The van der Waals surface area contributed by atoms with E-state index in [1.165, 1.54) is 0 Å². The monoisotopic (exact) mass is 455 g/mol. The molecule has 9 heteroatoms. The third kappa shape index (κ3) is 4.40. The van der Waals surface area contributed by atoms with Gasteiger partial charge in [0.25, 0.3) is 0 Å². The van der Waals surface area contributed by atoms with Crippen LogP contribution in [0.3, 0.4) is 0 Å². The van der Waals surface area contributed by atoms with Crippen LogP contribution in [0.5, 0.6) is 5.75 Å². The van der Waals surface area contributed by atoms with Gasteiger partial charge in [0.1, 0.15) is 23.8 Å². The summed E-state index contributed by atoms with van der Waals surface area (Å²) in [5, 5.41) is 15.3. The molecule has 2 aliphatic rings. The number of nitrogens with one attached hydrogen (secondary N) is 1. The number of pyridine rings is 1. The second-order valence-corrected chi connectivity index (χ2v) is 8.66. The molecule has 1 aromatic heterocycles. The molecule has 1 saturated heterocycles. The first-order valence-corrected chi connectivity index (χ1v) is 10.5. The van der Waals surface area contributed by atoms with E-state index in [1.807, 2.05) is 4.90 Å². The van der Waals surface area contributed by atoms with Gasteiger partial charge in [-0.15, -0.1) is 0 Å². The van der Waals surface area contributed by atoms with Crippen LogP contribution in [0.25, 0.3) is 0 Å². The minimum atomic E-state index is -0.958. The molecule has 154 valence electrons. The highest BCUT2D eigenvalue weighted by Crippen LogP contribution is 2.38. The summed E-state index contributed by atoms with van der Waals surface area (Å²) in [6.07, 6.45) is 3.54. The lowest BCUT2D eigenvalue weighted by Gasteiger charge is -2.38. The normalized spacial score (nSPS) is 18.2. The molecule has 0 spiro atoms. The Hall–Kier alpha value is -1.73. The largest absolute Gasteiger partial charge is 0.490 e. The summed E-state index contributed by atoms with van der Waals surface area (Å²) in [7, 11) is 0. The Morgan fingerprint density at radius 2 is 1.93 bits per heavy atom. The van der Waals surface area contributed by atoms with E-state index in [0.29, 0.717) is 71.1 Å². The highest BCUT2D eigenvalue weighted by Gasteiger charge is 2.34. The van der Waals surface area contributed by atoms with Crippen LogP contribution in [0, 0.1) is 0 Å². The molecule has 2 aliphatic heterocycles. The fourth-order valence-electron chi connectivity index (χ4n) is 3.69. The molecule has 0 unspecified atom stereocenters. The van der Waals surface area contributed by atoms with Crippen LogP contribution in [0.15, 0.2) is 24.4 Å². The average molecular weight is 457 g/mol. The van der Waals surface area contributed by atoms with E-state index in [2.05, 4.69) is 10.3 Å². The number of piperidine rings is 1. The van der Waals surface area contributed by atoms with E-state index in [-0.39, 0.29) is 12.5 Å². The Morgan fingerprint density at radius 3 is 2.66 bits per heavy atom. The fraction of sp³-hybridized carbons (Fsp3) is 0.400. The van der Waals surface area contributed by atoms with Crippen molar-refractivity contribution in [1.29, 1.82) is 0 Å². The number of hydrogen-bond donors (Lipinski definition) is 2. The summed E-state index contributed by atoms with van der Waals surface area (Å²) in [5.41, 5.74) is 0.515. The van der Waals surface area contributed by atoms with E-state index < -0.39 is 5.60 Å². The van der Waals surface area contributed by atoms with Crippen molar-refractivity contribution in [3.8, 4) is 5.75 Å².